The van der Waals surface area contributed by atoms with Crippen molar-refractivity contribution < 1.29 is 4.79 Å². The molecule has 5 nitrogen and oxygen atoms in total. The van der Waals surface area contributed by atoms with Gasteiger partial charge in [-0.15, -0.1) is 0 Å². The van der Waals surface area contributed by atoms with E-state index in [9.17, 15) is 4.79 Å². The van der Waals surface area contributed by atoms with E-state index < -0.39 is 5.54 Å². The summed E-state index contributed by atoms with van der Waals surface area (Å²) < 4.78 is 0. The first kappa shape index (κ1) is 11.4. The molecule has 0 aromatic rings. The van der Waals surface area contributed by atoms with Gasteiger partial charge in [0.2, 0.25) is 5.91 Å². The van der Waals surface area contributed by atoms with E-state index >= 15 is 0 Å². The van der Waals surface area contributed by atoms with Crippen LogP contribution >= 0.6 is 0 Å². The number of nitrogens with two attached hydrogens (primary N) is 1. The standard InChI is InChI=1S/C11H18N4O/c1-11(13,6-12)7-15-4-2-3-8-9(15)5-14-10(8)16/h8-9H,2-5,7,13H2,1H3,(H,14,16). The third-order valence-corrected chi connectivity index (χ3v) is 3.50. The van der Waals surface area contributed by atoms with E-state index in [0.29, 0.717) is 13.1 Å². The van der Waals surface area contributed by atoms with Crippen LogP contribution in [-0.4, -0.2) is 42.0 Å². The highest BCUT2D eigenvalue weighted by Gasteiger charge is 2.42. The molecule has 16 heavy (non-hydrogen) atoms. The lowest BCUT2D eigenvalue weighted by atomic mass is 9.90. The maximum atomic E-state index is 11.6. The molecule has 2 aliphatic heterocycles. The Labute approximate surface area is 95.6 Å². The predicted molar refractivity (Wildman–Crippen MR) is 59.3 cm³/mol. The van der Waals surface area contributed by atoms with E-state index in [0.717, 1.165) is 19.4 Å². The highest BCUT2D eigenvalue weighted by Crippen LogP contribution is 2.27. The lowest BCUT2D eigenvalue weighted by molar-refractivity contribution is -0.124. The Balaban J connectivity index is 2.06. The van der Waals surface area contributed by atoms with Crippen molar-refractivity contribution in [3.63, 3.8) is 0 Å². The van der Waals surface area contributed by atoms with Crippen LogP contribution in [0.25, 0.3) is 0 Å². The largest absolute Gasteiger partial charge is 0.354 e. The molecule has 0 saturated carbocycles. The lowest BCUT2D eigenvalue weighted by Crippen LogP contribution is -2.54. The number of amides is 1. The summed E-state index contributed by atoms with van der Waals surface area (Å²) in [5.41, 5.74) is 5.03. The Kier molecular flexibility index (Phi) is 2.87. The maximum absolute atomic E-state index is 11.6. The topological polar surface area (TPSA) is 82.2 Å². The van der Waals surface area contributed by atoms with Crippen molar-refractivity contribution in [3.05, 3.63) is 0 Å². The quantitative estimate of drug-likeness (QED) is 0.656. The molecule has 1 amide bonds. The molecule has 0 aromatic heterocycles. The van der Waals surface area contributed by atoms with Crippen LogP contribution < -0.4 is 11.1 Å². The normalized spacial score (nSPS) is 33.7. The molecule has 0 aromatic carbocycles. The zero-order valence-corrected chi connectivity index (χ0v) is 9.57. The summed E-state index contributed by atoms with van der Waals surface area (Å²) >= 11 is 0. The monoisotopic (exact) mass is 222 g/mol. The van der Waals surface area contributed by atoms with Gasteiger partial charge in [-0.1, -0.05) is 0 Å². The molecule has 2 saturated heterocycles. The summed E-state index contributed by atoms with van der Waals surface area (Å²) in [6.07, 6.45) is 1.97. The second-order valence-corrected chi connectivity index (χ2v) is 5.06. The number of hydrogen-bond donors (Lipinski definition) is 2. The number of nitrogens with one attached hydrogen (secondary N) is 1. The Morgan fingerprint density at radius 2 is 2.50 bits per heavy atom. The molecule has 2 heterocycles. The van der Waals surface area contributed by atoms with Crippen LogP contribution in [0.4, 0.5) is 0 Å². The van der Waals surface area contributed by atoms with E-state index in [1.807, 2.05) is 0 Å². The second kappa shape index (κ2) is 4.04. The highest BCUT2D eigenvalue weighted by atomic mass is 16.2. The molecule has 5 heteroatoms. The van der Waals surface area contributed by atoms with Gasteiger partial charge in [0.15, 0.2) is 0 Å². The minimum Gasteiger partial charge on any atom is -0.354 e. The average molecular weight is 222 g/mol. The van der Waals surface area contributed by atoms with Gasteiger partial charge in [-0.3, -0.25) is 9.69 Å². The smallest absolute Gasteiger partial charge is 0.224 e. The Bertz CT molecular complexity index is 333. The molecule has 88 valence electrons. The van der Waals surface area contributed by atoms with Gasteiger partial charge in [-0.2, -0.15) is 5.26 Å². The van der Waals surface area contributed by atoms with Crippen LogP contribution in [0.1, 0.15) is 19.8 Å². The first-order valence-corrected chi connectivity index (χ1v) is 5.75. The summed E-state index contributed by atoms with van der Waals surface area (Å²) in [4.78, 5) is 13.7. The van der Waals surface area contributed by atoms with Crippen LogP contribution in [0.2, 0.25) is 0 Å². The van der Waals surface area contributed by atoms with Crippen molar-refractivity contribution in [1.29, 1.82) is 5.26 Å². The fourth-order valence-electron chi connectivity index (χ4n) is 2.69. The summed E-state index contributed by atoms with van der Waals surface area (Å²) in [5, 5.41) is 11.8. The Morgan fingerprint density at radius 1 is 1.75 bits per heavy atom. The molecule has 0 radical (unpaired) electrons. The second-order valence-electron chi connectivity index (χ2n) is 5.06. The van der Waals surface area contributed by atoms with Crippen LogP contribution in [0.5, 0.6) is 0 Å². The van der Waals surface area contributed by atoms with Crippen molar-refractivity contribution in [1.82, 2.24) is 10.2 Å². The SMILES string of the molecule is CC(N)(C#N)CN1CCCC2C(=O)NCC21. The van der Waals surface area contributed by atoms with Gasteiger partial charge >= 0.3 is 0 Å². The van der Waals surface area contributed by atoms with E-state index in [-0.39, 0.29) is 17.9 Å². The zero-order chi connectivity index (χ0) is 11.8. The molecule has 0 aliphatic carbocycles. The molecule has 3 N–H and O–H groups in total. The lowest BCUT2D eigenvalue weighted by Gasteiger charge is -2.38. The number of carbonyl (C=O) groups is 1. The first-order valence-electron chi connectivity index (χ1n) is 5.75. The number of nitrogens with zero attached hydrogens (tertiary/aromatic N) is 2. The summed E-state index contributed by atoms with van der Waals surface area (Å²) in [7, 11) is 0. The summed E-state index contributed by atoms with van der Waals surface area (Å²) in [5.74, 6) is 0.258. The van der Waals surface area contributed by atoms with E-state index in [1.54, 1.807) is 6.92 Å². The van der Waals surface area contributed by atoms with Gasteiger partial charge in [0.25, 0.3) is 0 Å². The fourth-order valence-corrected chi connectivity index (χ4v) is 2.69. The average Bonchev–Trinajstić information content (AvgIpc) is 2.62. The molecule has 3 unspecified atom stereocenters. The van der Waals surface area contributed by atoms with Crippen molar-refractivity contribution in [2.24, 2.45) is 11.7 Å². The molecule has 0 spiro atoms. The molecule has 2 fully saturated rings. The molecule has 2 rings (SSSR count). The van der Waals surface area contributed by atoms with Gasteiger partial charge in [0.1, 0.15) is 5.54 Å². The number of piperidine rings is 1. The van der Waals surface area contributed by atoms with Crippen molar-refractivity contribution in [3.8, 4) is 6.07 Å². The molecule has 0 bridgehead atoms. The van der Waals surface area contributed by atoms with E-state index in [2.05, 4.69) is 16.3 Å². The van der Waals surface area contributed by atoms with Crippen molar-refractivity contribution in [2.45, 2.75) is 31.3 Å². The summed E-state index contributed by atoms with van der Waals surface area (Å²) in [6, 6.07) is 2.34. The molecular formula is C11H18N4O. The Hall–Kier alpha value is -1.12. The van der Waals surface area contributed by atoms with Gasteiger partial charge in [-0.25, -0.2) is 0 Å². The molecular weight excluding hydrogens is 204 g/mol. The minimum absolute atomic E-state index is 0.100. The van der Waals surface area contributed by atoms with Gasteiger partial charge < -0.3 is 11.1 Å². The van der Waals surface area contributed by atoms with Gasteiger partial charge in [-0.05, 0) is 26.3 Å². The van der Waals surface area contributed by atoms with Crippen LogP contribution in [0.15, 0.2) is 0 Å². The number of carbonyl (C=O) groups excluding carboxylic acids is 1. The van der Waals surface area contributed by atoms with Crippen LogP contribution in [0, 0.1) is 17.2 Å². The van der Waals surface area contributed by atoms with Gasteiger partial charge in [0.05, 0.1) is 12.0 Å². The number of fused-ring (bicyclic) bond motifs is 1. The maximum Gasteiger partial charge on any atom is 0.224 e. The van der Waals surface area contributed by atoms with E-state index in [4.69, 9.17) is 11.0 Å². The first-order chi connectivity index (χ1) is 7.53. The summed E-state index contributed by atoms with van der Waals surface area (Å²) in [6.45, 7) is 3.91. The zero-order valence-electron chi connectivity index (χ0n) is 9.57. The number of likely N-dealkylation sites (tertiary alicyclic amines) is 1. The third-order valence-electron chi connectivity index (χ3n) is 3.50. The number of nitriles is 1. The van der Waals surface area contributed by atoms with Crippen molar-refractivity contribution >= 4 is 5.91 Å². The third kappa shape index (κ3) is 2.04. The van der Waals surface area contributed by atoms with Gasteiger partial charge in [0, 0.05) is 19.1 Å². The fraction of sp³-hybridized carbons (Fsp3) is 0.818. The number of hydrogen-bond acceptors (Lipinski definition) is 4. The van der Waals surface area contributed by atoms with Crippen LogP contribution in [-0.2, 0) is 4.79 Å². The van der Waals surface area contributed by atoms with Crippen molar-refractivity contribution in [2.75, 3.05) is 19.6 Å². The molecule has 3 atom stereocenters. The number of rotatable bonds is 2. The van der Waals surface area contributed by atoms with Crippen LogP contribution in [0.3, 0.4) is 0 Å². The van der Waals surface area contributed by atoms with E-state index in [1.165, 1.54) is 0 Å². The molecule has 2 aliphatic rings. The Morgan fingerprint density at radius 3 is 3.19 bits per heavy atom. The minimum atomic E-state index is -0.826. The highest BCUT2D eigenvalue weighted by molar-refractivity contribution is 5.82. The predicted octanol–water partition coefficient (Wildman–Crippen LogP) is -0.562.